The van der Waals surface area contributed by atoms with Crippen molar-refractivity contribution in [2.24, 2.45) is 11.7 Å². The van der Waals surface area contributed by atoms with Crippen molar-refractivity contribution < 1.29 is 18.7 Å². The Balaban J connectivity index is 2.79. The molecule has 3 N–H and O–H groups in total. The monoisotopic (exact) mass is 405 g/mol. The summed E-state index contributed by atoms with van der Waals surface area (Å²) in [5.74, 6) is 0.0442. The third-order valence-electron chi connectivity index (χ3n) is 5.62. The van der Waals surface area contributed by atoms with Gasteiger partial charge in [0.2, 0.25) is 9.04 Å². The molecule has 1 aliphatic rings. The number of hydrogen-bond donors (Lipinski definition) is 2. The van der Waals surface area contributed by atoms with Crippen LogP contribution in [0.5, 0.6) is 0 Å². The Kier molecular flexibility index (Phi) is 9.46. The second-order valence-corrected chi connectivity index (χ2v) is 17.3. The maximum atomic E-state index is 10.5. The Morgan fingerprint density at radius 1 is 1.08 bits per heavy atom. The molecule has 156 valence electrons. The zero-order valence-corrected chi connectivity index (χ0v) is 20.7. The summed E-state index contributed by atoms with van der Waals surface area (Å²) in [6.07, 6.45) is -0.0878. The fourth-order valence-electron chi connectivity index (χ4n) is 4.51. The van der Waals surface area contributed by atoms with E-state index >= 15 is 0 Å². The lowest BCUT2D eigenvalue weighted by Crippen LogP contribution is -2.52. The van der Waals surface area contributed by atoms with E-state index in [0.29, 0.717) is 23.2 Å². The Morgan fingerprint density at radius 3 is 2.00 bits per heavy atom. The van der Waals surface area contributed by atoms with Crippen LogP contribution in [-0.2, 0) is 13.6 Å². The van der Waals surface area contributed by atoms with E-state index in [1.54, 1.807) is 7.11 Å². The molecular weight excluding hydrogens is 362 g/mol. The number of aliphatic hydroxyl groups is 1. The van der Waals surface area contributed by atoms with Gasteiger partial charge in [-0.3, -0.25) is 0 Å². The lowest BCUT2D eigenvalue weighted by Gasteiger charge is -2.41. The molecule has 0 aliphatic heterocycles. The van der Waals surface area contributed by atoms with Gasteiger partial charge in [0.05, 0.1) is 17.4 Å². The Labute approximate surface area is 164 Å². The number of rotatable bonds is 10. The summed E-state index contributed by atoms with van der Waals surface area (Å²) in [4.78, 5) is 0. The average molecular weight is 406 g/mol. The molecule has 0 aromatic rings. The summed E-state index contributed by atoms with van der Waals surface area (Å²) in [6, 6.07) is -0.120. The SMILES string of the molecule is COC1C(N)CC(CO[SiH](C(C)C)C(C)(C)O[SiH](C(C)C)C(C)C)C1O. The topological polar surface area (TPSA) is 73.9 Å². The molecule has 1 fully saturated rings. The van der Waals surface area contributed by atoms with Gasteiger partial charge >= 0.3 is 0 Å². The van der Waals surface area contributed by atoms with E-state index in [-0.39, 0.29) is 23.3 Å². The molecule has 0 radical (unpaired) electrons. The fourth-order valence-corrected chi connectivity index (χ4v) is 11.1. The smallest absolute Gasteiger partial charge is 0.209 e. The van der Waals surface area contributed by atoms with Crippen LogP contribution in [0.25, 0.3) is 0 Å². The minimum absolute atomic E-state index is 0.0442. The van der Waals surface area contributed by atoms with Crippen LogP contribution in [0.15, 0.2) is 0 Å². The number of nitrogens with two attached hydrogens (primary N) is 1. The van der Waals surface area contributed by atoms with Crippen LogP contribution < -0.4 is 5.73 Å². The highest BCUT2D eigenvalue weighted by molar-refractivity contribution is 6.60. The van der Waals surface area contributed by atoms with Gasteiger partial charge in [0.15, 0.2) is 9.04 Å². The molecular formula is C19H43NO4Si2. The van der Waals surface area contributed by atoms with E-state index in [0.717, 1.165) is 6.42 Å². The van der Waals surface area contributed by atoms with Crippen molar-refractivity contribution in [2.45, 2.75) is 102 Å². The van der Waals surface area contributed by atoms with Crippen molar-refractivity contribution in [2.75, 3.05) is 13.7 Å². The molecule has 0 heterocycles. The van der Waals surface area contributed by atoms with Gasteiger partial charge in [0.25, 0.3) is 0 Å². The van der Waals surface area contributed by atoms with Crippen LogP contribution in [0.1, 0.15) is 61.8 Å². The first kappa shape index (κ1) is 24.3. The standard InChI is InChI=1S/C19H43NO4Si2/c1-12(2)25(13(3)4)24-19(7,8)26(14(5)6)23-11-15-10-16(20)18(22-9)17(15)21/h12-18,21,25-26H,10-11,20H2,1-9H3. The lowest BCUT2D eigenvalue weighted by molar-refractivity contribution is -0.0213. The van der Waals surface area contributed by atoms with Gasteiger partial charge in [-0.05, 0) is 36.9 Å². The van der Waals surface area contributed by atoms with Gasteiger partial charge in [-0.2, -0.15) is 0 Å². The molecule has 5 atom stereocenters. The maximum Gasteiger partial charge on any atom is 0.209 e. The van der Waals surface area contributed by atoms with Gasteiger partial charge in [-0.25, -0.2) is 0 Å². The van der Waals surface area contributed by atoms with Crippen molar-refractivity contribution in [3.63, 3.8) is 0 Å². The highest BCUT2D eigenvalue weighted by atomic mass is 28.3. The first-order valence-electron chi connectivity index (χ1n) is 10.2. The van der Waals surface area contributed by atoms with Crippen LogP contribution in [-0.4, -0.2) is 60.4 Å². The van der Waals surface area contributed by atoms with Gasteiger partial charge in [0, 0.05) is 25.7 Å². The minimum atomic E-state index is -1.67. The van der Waals surface area contributed by atoms with E-state index < -0.39 is 24.2 Å². The minimum Gasteiger partial charge on any atom is -0.417 e. The zero-order valence-electron chi connectivity index (χ0n) is 18.4. The molecule has 0 aromatic carbocycles. The van der Waals surface area contributed by atoms with Gasteiger partial charge < -0.3 is 24.4 Å². The Bertz CT molecular complexity index is 412. The zero-order chi connectivity index (χ0) is 20.2. The molecule has 0 amide bonds. The summed E-state index contributed by atoms with van der Waals surface area (Å²) in [5, 5.41) is 10.3. The Hall–Kier alpha value is 0.234. The largest absolute Gasteiger partial charge is 0.417 e. The summed E-state index contributed by atoms with van der Waals surface area (Å²) < 4.78 is 18.6. The summed E-state index contributed by atoms with van der Waals surface area (Å²) >= 11 is 0. The van der Waals surface area contributed by atoms with Crippen molar-refractivity contribution in [1.82, 2.24) is 0 Å². The third-order valence-corrected chi connectivity index (χ3v) is 12.7. The molecule has 1 saturated carbocycles. The number of methoxy groups -OCH3 is 1. The average Bonchev–Trinajstić information content (AvgIpc) is 2.77. The first-order valence-corrected chi connectivity index (χ1v) is 13.7. The molecule has 7 heteroatoms. The molecule has 26 heavy (non-hydrogen) atoms. The van der Waals surface area contributed by atoms with Crippen molar-refractivity contribution in [3.8, 4) is 0 Å². The molecule has 1 aliphatic carbocycles. The molecule has 0 aromatic heterocycles. The van der Waals surface area contributed by atoms with E-state index in [2.05, 4.69) is 55.4 Å². The number of ether oxygens (including phenoxy) is 1. The lowest BCUT2D eigenvalue weighted by atomic mass is 10.1. The molecule has 0 spiro atoms. The predicted molar refractivity (Wildman–Crippen MR) is 114 cm³/mol. The highest BCUT2D eigenvalue weighted by Crippen LogP contribution is 2.33. The quantitative estimate of drug-likeness (QED) is 0.547. The van der Waals surface area contributed by atoms with Crippen LogP contribution in [0.3, 0.4) is 0 Å². The van der Waals surface area contributed by atoms with Gasteiger partial charge in [0.1, 0.15) is 0 Å². The van der Waals surface area contributed by atoms with E-state index in [1.165, 1.54) is 0 Å². The van der Waals surface area contributed by atoms with Crippen molar-refractivity contribution in [1.29, 1.82) is 0 Å². The molecule has 0 saturated heterocycles. The number of hydrogen-bond acceptors (Lipinski definition) is 5. The molecule has 5 nitrogen and oxygen atoms in total. The van der Waals surface area contributed by atoms with Gasteiger partial charge in [-0.15, -0.1) is 0 Å². The van der Waals surface area contributed by atoms with Crippen LogP contribution >= 0.6 is 0 Å². The third kappa shape index (κ3) is 6.12. The Morgan fingerprint density at radius 2 is 1.62 bits per heavy atom. The first-order chi connectivity index (χ1) is 11.9. The highest BCUT2D eigenvalue weighted by Gasteiger charge is 2.44. The predicted octanol–water partition coefficient (Wildman–Crippen LogP) is 2.74. The second-order valence-electron chi connectivity index (χ2n) is 9.52. The second kappa shape index (κ2) is 10.1. The van der Waals surface area contributed by atoms with E-state index in [1.807, 2.05) is 0 Å². The fraction of sp³-hybridized carbons (Fsp3) is 1.00. The van der Waals surface area contributed by atoms with Crippen molar-refractivity contribution >= 4 is 18.1 Å². The number of aliphatic hydroxyl groups excluding tert-OH is 1. The summed E-state index contributed by atoms with van der Waals surface area (Å²) in [7, 11) is -1.38. The summed E-state index contributed by atoms with van der Waals surface area (Å²) in [6.45, 7) is 18.6. The summed E-state index contributed by atoms with van der Waals surface area (Å²) in [5.41, 5.74) is 7.78. The molecule has 5 unspecified atom stereocenters. The normalized spacial score (nSPS) is 28.7. The molecule has 1 rings (SSSR count). The van der Waals surface area contributed by atoms with Crippen LogP contribution in [0.4, 0.5) is 0 Å². The van der Waals surface area contributed by atoms with E-state index in [9.17, 15) is 5.11 Å². The maximum absolute atomic E-state index is 10.5. The van der Waals surface area contributed by atoms with Crippen LogP contribution in [0, 0.1) is 5.92 Å². The van der Waals surface area contributed by atoms with E-state index in [4.69, 9.17) is 19.3 Å². The van der Waals surface area contributed by atoms with Crippen molar-refractivity contribution in [3.05, 3.63) is 0 Å². The molecule has 0 bridgehead atoms. The van der Waals surface area contributed by atoms with Gasteiger partial charge in [-0.1, -0.05) is 41.5 Å². The van der Waals surface area contributed by atoms with Crippen LogP contribution in [0.2, 0.25) is 16.6 Å².